The Morgan fingerprint density at radius 1 is 1.03 bits per heavy atom. The number of methoxy groups -OCH3 is 1. The van der Waals surface area contributed by atoms with Gasteiger partial charge >= 0.3 is 0 Å². The van der Waals surface area contributed by atoms with E-state index < -0.39 is 5.91 Å². The summed E-state index contributed by atoms with van der Waals surface area (Å²) in [6.07, 6.45) is 1.54. The maximum absolute atomic E-state index is 12.6. The highest BCUT2D eigenvalue weighted by molar-refractivity contribution is 14.1. The van der Waals surface area contributed by atoms with Gasteiger partial charge in [0.05, 0.1) is 10.7 Å². The number of nitrogens with zero attached hydrogens (tertiary/aromatic N) is 1. The van der Waals surface area contributed by atoms with Crippen LogP contribution >= 0.6 is 45.2 Å². The quantitative estimate of drug-likeness (QED) is 0.127. The predicted octanol–water partition coefficient (Wildman–Crippen LogP) is 7.18. The van der Waals surface area contributed by atoms with Crippen LogP contribution in [0.25, 0.3) is 16.8 Å². The zero-order valence-corrected chi connectivity index (χ0v) is 23.0. The van der Waals surface area contributed by atoms with Crippen LogP contribution in [-0.4, -0.2) is 13.0 Å². The van der Waals surface area contributed by atoms with Crippen molar-refractivity contribution in [3.8, 4) is 17.6 Å². The van der Waals surface area contributed by atoms with Crippen molar-refractivity contribution in [2.75, 3.05) is 12.4 Å². The normalized spacial score (nSPS) is 11.1. The molecule has 0 aromatic heterocycles. The molecule has 4 aromatic carbocycles. The van der Waals surface area contributed by atoms with Crippen molar-refractivity contribution >= 4 is 73.6 Å². The van der Waals surface area contributed by atoms with Crippen LogP contribution in [0.2, 0.25) is 0 Å². The molecular formula is C28H20I2N2O3. The Bertz CT molecular complexity index is 1450. The first-order valence-electron chi connectivity index (χ1n) is 10.6. The van der Waals surface area contributed by atoms with Gasteiger partial charge in [-0.05, 0) is 110 Å². The number of rotatable bonds is 7. The molecular weight excluding hydrogens is 666 g/mol. The van der Waals surface area contributed by atoms with E-state index in [-0.39, 0.29) is 5.57 Å². The number of amides is 1. The summed E-state index contributed by atoms with van der Waals surface area (Å²) in [5.74, 6) is 0.665. The Morgan fingerprint density at radius 3 is 2.51 bits per heavy atom. The Hall–Kier alpha value is -3.10. The van der Waals surface area contributed by atoms with Crippen molar-refractivity contribution < 1.29 is 14.3 Å². The molecule has 7 heteroatoms. The highest BCUT2D eigenvalue weighted by Gasteiger charge is 2.15. The third-order valence-corrected chi connectivity index (χ3v) is 6.80. The average Bonchev–Trinajstić information content (AvgIpc) is 2.87. The predicted molar refractivity (Wildman–Crippen MR) is 155 cm³/mol. The van der Waals surface area contributed by atoms with Crippen LogP contribution in [-0.2, 0) is 11.4 Å². The number of hydrogen-bond donors (Lipinski definition) is 1. The van der Waals surface area contributed by atoms with Crippen LogP contribution in [0.4, 0.5) is 5.69 Å². The molecule has 35 heavy (non-hydrogen) atoms. The zero-order valence-electron chi connectivity index (χ0n) is 18.7. The number of hydrogen-bond acceptors (Lipinski definition) is 4. The van der Waals surface area contributed by atoms with E-state index >= 15 is 0 Å². The summed E-state index contributed by atoms with van der Waals surface area (Å²) in [5.41, 5.74) is 2.36. The Balaban J connectivity index is 1.56. The van der Waals surface area contributed by atoms with Crippen molar-refractivity contribution in [2.24, 2.45) is 0 Å². The van der Waals surface area contributed by atoms with E-state index in [1.54, 1.807) is 31.4 Å². The molecule has 0 spiro atoms. The van der Waals surface area contributed by atoms with Gasteiger partial charge in [-0.3, -0.25) is 4.79 Å². The second-order valence-electron chi connectivity index (χ2n) is 7.59. The number of anilines is 1. The summed E-state index contributed by atoms with van der Waals surface area (Å²) < 4.78 is 13.6. The maximum Gasteiger partial charge on any atom is 0.266 e. The monoisotopic (exact) mass is 686 g/mol. The van der Waals surface area contributed by atoms with Gasteiger partial charge in [-0.2, -0.15) is 5.26 Å². The van der Waals surface area contributed by atoms with Crippen LogP contribution < -0.4 is 14.8 Å². The molecule has 4 aromatic rings. The lowest BCUT2D eigenvalue weighted by Gasteiger charge is -2.15. The summed E-state index contributed by atoms with van der Waals surface area (Å²) in [6.45, 7) is 0.380. The van der Waals surface area contributed by atoms with E-state index in [9.17, 15) is 10.1 Å². The molecule has 0 atom stereocenters. The van der Waals surface area contributed by atoms with Crippen molar-refractivity contribution in [3.63, 3.8) is 0 Å². The van der Waals surface area contributed by atoms with Gasteiger partial charge in [0.15, 0.2) is 11.5 Å². The van der Waals surface area contributed by atoms with E-state index in [4.69, 9.17) is 9.47 Å². The van der Waals surface area contributed by atoms with Crippen LogP contribution in [0.1, 0.15) is 11.1 Å². The minimum Gasteiger partial charge on any atom is -0.493 e. The molecule has 0 radical (unpaired) electrons. The molecule has 0 aliphatic heterocycles. The molecule has 0 unspecified atom stereocenters. The lowest BCUT2D eigenvalue weighted by atomic mass is 10.1. The lowest BCUT2D eigenvalue weighted by molar-refractivity contribution is -0.112. The Kier molecular flexibility index (Phi) is 8.25. The second kappa shape index (κ2) is 11.6. The van der Waals surface area contributed by atoms with E-state index in [0.717, 1.165) is 23.5 Å². The Labute approximate surface area is 231 Å². The average molecular weight is 686 g/mol. The van der Waals surface area contributed by atoms with Crippen molar-refractivity contribution in [3.05, 3.63) is 103 Å². The second-order valence-corrected chi connectivity index (χ2v) is 10.00. The number of carbonyl (C=O) groups is 1. The highest BCUT2D eigenvalue weighted by Crippen LogP contribution is 2.35. The van der Waals surface area contributed by atoms with Gasteiger partial charge < -0.3 is 14.8 Å². The first kappa shape index (κ1) is 25.0. The van der Waals surface area contributed by atoms with Gasteiger partial charge in [0.1, 0.15) is 18.2 Å². The van der Waals surface area contributed by atoms with Crippen LogP contribution in [0.3, 0.4) is 0 Å². The highest BCUT2D eigenvalue weighted by atomic mass is 127. The standard InChI is InChI=1S/C28H20I2N2O3/c1-34-26-15-18(13-21(16-31)28(33)32-23-11-9-22(29)10-12-23)14-25(30)27(26)35-17-20-7-4-6-19-5-2-3-8-24(19)20/h2-15H,17H2,1H3,(H,32,33)/b21-13-. The molecule has 0 saturated heterocycles. The third kappa shape index (κ3) is 6.13. The van der Waals surface area contributed by atoms with Crippen LogP contribution in [0, 0.1) is 18.5 Å². The first-order chi connectivity index (χ1) is 17.0. The Morgan fingerprint density at radius 2 is 1.77 bits per heavy atom. The molecule has 1 amide bonds. The number of ether oxygens (including phenoxy) is 2. The molecule has 5 nitrogen and oxygen atoms in total. The van der Waals surface area contributed by atoms with Gasteiger partial charge in [0, 0.05) is 9.26 Å². The van der Waals surface area contributed by atoms with E-state index in [2.05, 4.69) is 68.7 Å². The summed E-state index contributed by atoms with van der Waals surface area (Å²) in [4.78, 5) is 12.6. The molecule has 0 heterocycles. The number of fused-ring (bicyclic) bond motifs is 1. The molecule has 4 rings (SSSR count). The minimum atomic E-state index is -0.473. The summed E-state index contributed by atoms with van der Waals surface area (Å²) in [6, 6.07) is 27.3. The van der Waals surface area contributed by atoms with Crippen LogP contribution in [0.5, 0.6) is 11.5 Å². The van der Waals surface area contributed by atoms with Crippen molar-refractivity contribution in [1.82, 2.24) is 0 Å². The molecule has 0 saturated carbocycles. The lowest BCUT2D eigenvalue weighted by Crippen LogP contribution is -2.13. The molecule has 1 N–H and O–H groups in total. The SMILES string of the molecule is COc1cc(/C=C(/C#N)C(=O)Nc2ccc(I)cc2)cc(I)c1OCc1cccc2ccccc12. The molecule has 0 aliphatic carbocycles. The smallest absolute Gasteiger partial charge is 0.266 e. The third-order valence-electron chi connectivity index (χ3n) is 5.28. The minimum absolute atomic E-state index is 0.00849. The fourth-order valence-corrected chi connectivity index (χ4v) is 4.72. The molecule has 0 bridgehead atoms. The maximum atomic E-state index is 12.6. The summed E-state index contributed by atoms with van der Waals surface area (Å²) >= 11 is 4.37. The van der Waals surface area contributed by atoms with Crippen molar-refractivity contribution in [2.45, 2.75) is 6.61 Å². The number of nitrogens with one attached hydrogen (secondary N) is 1. The van der Waals surface area contributed by atoms with Gasteiger partial charge in [-0.1, -0.05) is 42.5 Å². The largest absolute Gasteiger partial charge is 0.493 e. The molecule has 0 aliphatic rings. The van der Waals surface area contributed by atoms with Gasteiger partial charge in [0.25, 0.3) is 5.91 Å². The molecule has 174 valence electrons. The summed E-state index contributed by atoms with van der Waals surface area (Å²) in [7, 11) is 1.57. The van der Waals surface area contributed by atoms with Gasteiger partial charge in [-0.15, -0.1) is 0 Å². The number of benzene rings is 4. The van der Waals surface area contributed by atoms with Crippen LogP contribution in [0.15, 0.2) is 84.4 Å². The number of nitriles is 1. The van der Waals surface area contributed by atoms with E-state index in [0.29, 0.717) is 29.4 Å². The fraction of sp³-hybridized carbons (Fsp3) is 0.0714. The van der Waals surface area contributed by atoms with E-state index in [1.807, 2.05) is 48.5 Å². The zero-order chi connectivity index (χ0) is 24.8. The number of carbonyl (C=O) groups excluding carboxylic acids is 1. The summed E-state index contributed by atoms with van der Waals surface area (Å²) in [5, 5.41) is 14.6. The first-order valence-corrected chi connectivity index (χ1v) is 12.8. The number of halogens is 2. The molecule has 0 fully saturated rings. The topological polar surface area (TPSA) is 71.3 Å². The van der Waals surface area contributed by atoms with Crippen molar-refractivity contribution in [1.29, 1.82) is 5.26 Å². The fourth-order valence-electron chi connectivity index (χ4n) is 3.58. The van der Waals surface area contributed by atoms with E-state index in [1.165, 1.54) is 0 Å². The van der Waals surface area contributed by atoms with Gasteiger partial charge in [0.2, 0.25) is 0 Å². The van der Waals surface area contributed by atoms with Gasteiger partial charge in [-0.25, -0.2) is 0 Å².